The van der Waals surface area contributed by atoms with Gasteiger partial charge in [0.05, 0.1) is 5.69 Å². The zero-order valence-corrected chi connectivity index (χ0v) is 16.4. The van der Waals surface area contributed by atoms with Gasteiger partial charge in [0.25, 0.3) is 5.91 Å². The average Bonchev–Trinajstić information content (AvgIpc) is 2.87. The Balaban J connectivity index is 2.14. The van der Waals surface area contributed by atoms with E-state index in [0.717, 1.165) is 36.2 Å². The first-order valence-corrected chi connectivity index (χ1v) is 9.33. The van der Waals surface area contributed by atoms with E-state index >= 15 is 0 Å². The van der Waals surface area contributed by atoms with Gasteiger partial charge in [-0.2, -0.15) is 5.10 Å². The largest absolute Gasteiger partial charge is 0.326 e. The molecule has 0 aliphatic rings. The first kappa shape index (κ1) is 19.9. The van der Waals surface area contributed by atoms with Crippen LogP contribution in [0.15, 0.2) is 24.3 Å². The molecule has 1 amide bonds. The molecule has 0 saturated heterocycles. The summed E-state index contributed by atoms with van der Waals surface area (Å²) < 4.78 is 1.49. The lowest BCUT2D eigenvalue weighted by molar-refractivity contribution is -0.116. The Labute approximate surface area is 155 Å². The van der Waals surface area contributed by atoms with Crippen LogP contribution < -0.4 is 5.32 Å². The van der Waals surface area contributed by atoms with Gasteiger partial charge in [-0.15, -0.1) is 0 Å². The predicted octanol–water partition coefficient (Wildman–Crippen LogP) is 4.52. The van der Waals surface area contributed by atoms with E-state index in [2.05, 4.69) is 31.2 Å². The van der Waals surface area contributed by atoms with Crippen molar-refractivity contribution in [1.82, 2.24) is 9.78 Å². The molecule has 5 nitrogen and oxygen atoms in total. The third kappa shape index (κ3) is 4.81. The Morgan fingerprint density at radius 2 is 1.81 bits per heavy atom. The van der Waals surface area contributed by atoms with Crippen molar-refractivity contribution in [2.75, 3.05) is 5.32 Å². The molecule has 1 N–H and O–H groups in total. The number of amides is 1. The van der Waals surface area contributed by atoms with Crippen LogP contribution in [-0.4, -0.2) is 21.6 Å². The topological polar surface area (TPSA) is 64.0 Å². The van der Waals surface area contributed by atoms with Crippen LogP contribution in [0.5, 0.6) is 0 Å². The molecule has 0 aliphatic carbocycles. The number of unbranched alkanes of at least 4 members (excludes halogenated alkanes) is 1. The lowest BCUT2D eigenvalue weighted by Crippen LogP contribution is -2.16. The minimum absolute atomic E-state index is 0.00259. The number of aromatic nitrogens is 2. The Kier molecular flexibility index (Phi) is 6.72. The van der Waals surface area contributed by atoms with Crippen molar-refractivity contribution in [3.05, 3.63) is 46.8 Å². The quantitative estimate of drug-likeness (QED) is 0.794. The van der Waals surface area contributed by atoms with Gasteiger partial charge in [-0.25, -0.2) is 4.68 Å². The summed E-state index contributed by atoms with van der Waals surface area (Å²) in [6, 6.07) is 6.99. The van der Waals surface area contributed by atoms with Crippen molar-refractivity contribution in [3.63, 3.8) is 0 Å². The molecule has 0 spiro atoms. The summed E-state index contributed by atoms with van der Waals surface area (Å²) in [7, 11) is 0. The van der Waals surface area contributed by atoms with Gasteiger partial charge in [0.2, 0.25) is 5.91 Å². The van der Waals surface area contributed by atoms with Crippen LogP contribution in [0, 0.1) is 19.8 Å². The summed E-state index contributed by atoms with van der Waals surface area (Å²) in [6.45, 7) is 10.3. The number of rotatable bonds is 7. The number of carbonyl (C=O) groups is 2. The molecule has 0 fully saturated rings. The summed E-state index contributed by atoms with van der Waals surface area (Å²) in [4.78, 5) is 24.6. The monoisotopic (exact) mass is 355 g/mol. The average molecular weight is 355 g/mol. The molecule has 0 aliphatic heterocycles. The van der Waals surface area contributed by atoms with Gasteiger partial charge in [-0.3, -0.25) is 9.59 Å². The van der Waals surface area contributed by atoms with E-state index in [9.17, 15) is 9.59 Å². The summed E-state index contributed by atoms with van der Waals surface area (Å²) >= 11 is 0. The van der Waals surface area contributed by atoms with E-state index in [1.165, 1.54) is 4.68 Å². The van der Waals surface area contributed by atoms with Crippen molar-refractivity contribution in [2.45, 2.75) is 60.3 Å². The molecular weight excluding hydrogens is 326 g/mol. The maximum Gasteiger partial charge on any atom is 0.278 e. The highest BCUT2D eigenvalue weighted by atomic mass is 16.2. The summed E-state index contributed by atoms with van der Waals surface area (Å²) in [5, 5.41) is 7.30. The van der Waals surface area contributed by atoms with Crippen molar-refractivity contribution in [3.8, 4) is 0 Å². The summed E-state index contributed by atoms with van der Waals surface area (Å²) in [5.74, 6) is 0.364. The van der Waals surface area contributed by atoms with Crippen LogP contribution in [0.25, 0.3) is 0 Å². The zero-order chi connectivity index (χ0) is 19.3. The highest BCUT2D eigenvalue weighted by Crippen LogP contribution is 2.19. The van der Waals surface area contributed by atoms with Crippen LogP contribution in [0.1, 0.15) is 67.3 Å². The number of nitrogens with zero attached hydrogens (tertiary/aromatic N) is 2. The van der Waals surface area contributed by atoms with E-state index < -0.39 is 0 Å². The molecule has 0 unspecified atom stereocenters. The molecule has 2 rings (SSSR count). The highest BCUT2D eigenvalue weighted by molar-refractivity contribution is 5.97. The summed E-state index contributed by atoms with van der Waals surface area (Å²) in [6.07, 6.45) is 3.29. The molecule has 0 bridgehead atoms. The lowest BCUT2D eigenvalue weighted by atomic mass is 10.0. The van der Waals surface area contributed by atoms with Gasteiger partial charge in [0.1, 0.15) is 0 Å². The molecule has 1 aromatic heterocycles. The van der Waals surface area contributed by atoms with E-state index in [4.69, 9.17) is 0 Å². The Hall–Kier alpha value is -2.43. The fraction of sp³-hybridized carbons (Fsp3) is 0.476. The summed E-state index contributed by atoms with van der Waals surface area (Å²) in [5.41, 5.74) is 4.21. The molecule has 5 heteroatoms. The lowest BCUT2D eigenvalue weighted by Gasteiger charge is -2.08. The second-order valence-corrected chi connectivity index (χ2v) is 7.19. The minimum Gasteiger partial charge on any atom is -0.326 e. The molecule has 0 saturated carbocycles. The molecule has 1 heterocycles. The third-order valence-corrected chi connectivity index (χ3v) is 4.42. The third-order valence-electron chi connectivity index (χ3n) is 4.42. The smallest absolute Gasteiger partial charge is 0.278 e. The number of anilines is 1. The Morgan fingerprint density at radius 1 is 1.15 bits per heavy atom. The van der Waals surface area contributed by atoms with Crippen molar-refractivity contribution >= 4 is 17.5 Å². The van der Waals surface area contributed by atoms with E-state index in [-0.39, 0.29) is 11.8 Å². The van der Waals surface area contributed by atoms with Gasteiger partial charge < -0.3 is 5.32 Å². The van der Waals surface area contributed by atoms with E-state index in [0.29, 0.717) is 23.6 Å². The number of benzene rings is 1. The number of aryl methyl sites for hydroxylation is 1. The van der Waals surface area contributed by atoms with Crippen molar-refractivity contribution < 1.29 is 9.59 Å². The molecule has 140 valence electrons. The number of hydrogen-bond acceptors (Lipinski definition) is 3. The Bertz CT molecular complexity index is 773. The van der Waals surface area contributed by atoms with Crippen LogP contribution in [0.4, 0.5) is 5.69 Å². The van der Waals surface area contributed by atoms with Crippen LogP contribution in [0.2, 0.25) is 0 Å². The van der Waals surface area contributed by atoms with E-state index in [1.807, 2.05) is 13.8 Å². The van der Waals surface area contributed by atoms with Crippen LogP contribution in [0.3, 0.4) is 0 Å². The molecule has 0 atom stereocenters. The fourth-order valence-corrected chi connectivity index (χ4v) is 2.96. The number of nitrogens with one attached hydrogen (secondary N) is 1. The molecule has 26 heavy (non-hydrogen) atoms. The van der Waals surface area contributed by atoms with Gasteiger partial charge in [0.15, 0.2) is 0 Å². The van der Waals surface area contributed by atoms with Crippen molar-refractivity contribution in [2.24, 2.45) is 5.92 Å². The van der Waals surface area contributed by atoms with Gasteiger partial charge in [-0.05, 0) is 62.4 Å². The predicted molar refractivity (Wildman–Crippen MR) is 105 cm³/mol. The van der Waals surface area contributed by atoms with Crippen molar-refractivity contribution in [1.29, 1.82) is 0 Å². The standard InChI is InChI=1S/C21H29N3O2/c1-6-7-8-20(25)22-18-11-9-17(10-12-18)21(26)24-16(5)19(13-14(2)3)15(4)23-24/h9-12,14H,6-8,13H2,1-5H3,(H,22,25). The van der Waals surface area contributed by atoms with Gasteiger partial charge >= 0.3 is 0 Å². The molecule has 0 radical (unpaired) electrons. The number of carbonyl (C=O) groups excluding carboxylic acids is 2. The van der Waals surface area contributed by atoms with Crippen LogP contribution >= 0.6 is 0 Å². The number of hydrogen-bond donors (Lipinski definition) is 1. The normalized spacial score (nSPS) is 11.0. The van der Waals surface area contributed by atoms with Crippen LogP contribution in [-0.2, 0) is 11.2 Å². The minimum atomic E-state index is -0.149. The van der Waals surface area contributed by atoms with E-state index in [1.54, 1.807) is 24.3 Å². The molecular formula is C21H29N3O2. The fourth-order valence-electron chi connectivity index (χ4n) is 2.96. The van der Waals surface area contributed by atoms with Gasteiger partial charge in [-0.1, -0.05) is 27.2 Å². The molecule has 1 aromatic carbocycles. The van der Waals surface area contributed by atoms with Gasteiger partial charge in [0, 0.05) is 23.4 Å². The second kappa shape index (κ2) is 8.79. The first-order chi connectivity index (χ1) is 12.3. The second-order valence-electron chi connectivity index (χ2n) is 7.19. The molecule has 2 aromatic rings. The maximum absolute atomic E-state index is 12.8. The SMILES string of the molecule is CCCCC(=O)Nc1ccc(C(=O)n2nc(C)c(CC(C)C)c2C)cc1. The Morgan fingerprint density at radius 3 is 2.38 bits per heavy atom. The zero-order valence-electron chi connectivity index (χ0n) is 16.4. The highest BCUT2D eigenvalue weighted by Gasteiger charge is 2.18. The maximum atomic E-state index is 12.8. The first-order valence-electron chi connectivity index (χ1n) is 9.33.